The first-order valence-corrected chi connectivity index (χ1v) is 9.16. The van der Waals surface area contributed by atoms with Crippen LogP contribution in [0.4, 0.5) is 4.79 Å². The third-order valence-corrected chi connectivity index (χ3v) is 4.47. The number of ether oxygens (including phenoxy) is 2. The van der Waals surface area contributed by atoms with Crippen molar-refractivity contribution >= 4 is 13.8 Å². The summed E-state index contributed by atoms with van der Waals surface area (Å²) in [6.45, 7) is 11.0. The van der Waals surface area contributed by atoms with Gasteiger partial charge in [-0.2, -0.15) is 0 Å². The van der Waals surface area contributed by atoms with E-state index in [4.69, 9.17) is 18.5 Å². The van der Waals surface area contributed by atoms with Crippen molar-refractivity contribution in [2.45, 2.75) is 72.7 Å². The van der Waals surface area contributed by atoms with E-state index >= 15 is 0 Å². The molecule has 0 spiro atoms. The topological polar surface area (TPSA) is 71.1 Å². The molecular weight excluding hydrogens is 295 g/mol. The van der Waals surface area contributed by atoms with Crippen molar-refractivity contribution < 1.29 is 27.9 Å². The summed E-state index contributed by atoms with van der Waals surface area (Å²) < 4.78 is 33.1. The second kappa shape index (κ2) is 10.2. The molecule has 0 unspecified atom stereocenters. The molecule has 0 fully saturated rings. The fraction of sp³-hybridized carbons (Fsp3) is 0.929. The third kappa shape index (κ3) is 11.7. The van der Waals surface area contributed by atoms with Crippen molar-refractivity contribution in [2.75, 3.05) is 12.8 Å². The second-order valence-electron chi connectivity index (χ2n) is 5.62. The first-order chi connectivity index (χ1) is 9.64. The lowest BCUT2D eigenvalue weighted by Gasteiger charge is -2.22. The molecule has 0 radical (unpaired) electrons. The molecule has 6 nitrogen and oxygen atoms in total. The molecule has 0 aromatic rings. The smallest absolute Gasteiger partial charge is 0.434 e. The van der Waals surface area contributed by atoms with E-state index in [0.717, 1.165) is 0 Å². The van der Waals surface area contributed by atoms with E-state index in [-0.39, 0.29) is 24.9 Å². The fourth-order valence-electron chi connectivity index (χ4n) is 1.56. The molecule has 126 valence electrons. The average molecular weight is 324 g/mol. The van der Waals surface area contributed by atoms with Gasteiger partial charge in [-0.1, -0.05) is 0 Å². The first-order valence-electron chi connectivity index (χ1n) is 7.44. The van der Waals surface area contributed by atoms with E-state index in [2.05, 4.69) is 0 Å². The summed E-state index contributed by atoms with van der Waals surface area (Å²) in [7, 11) is -3.09. The number of hydrogen-bond donors (Lipinski definition) is 0. The zero-order chi connectivity index (χ0) is 16.5. The van der Waals surface area contributed by atoms with E-state index < -0.39 is 13.8 Å². The van der Waals surface area contributed by atoms with Gasteiger partial charge in [-0.3, -0.25) is 4.57 Å². The van der Waals surface area contributed by atoms with Crippen LogP contribution in [0, 0.1) is 0 Å². The van der Waals surface area contributed by atoms with Gasteiger partial charge in [-0.15, -0.1) is 0 Å². The van der Waals surface area contributed by atoms with Gasteiger partial charge >= 0.3 is 13.8 Å². The van der Waals surface area contributed by atoms with Gasteiger partial charge in [0, 0.05) is 0 Å². The van der Waals surface area contributed by atoms with Crippen LogP contribution in [0.5, 0.6) is 0 Å². The molecule has 0 saturated carbocycles. The molecule has 0 atom stereocenters. The molecule has 21 heavy (non-hydrogen) atoms. The zero-order valence-electron chi connectivity index (χ0n) is 14.0. The van der Waals surface area contributed by atoms with E-state index in [0.29, 0.717) is 19.0 Å². The highest BCUT2D eigenvalue weighted by molar-refractivity contribution is 7.53. The molecule has 0 heterocycles. The van der Waals surface area contributed by atoms with Crippen LogP contribution in [-0.4, -0.2) is 37.2 Å². The van der Waals surface area contributed by atoms with Crippen molar-refractivity contribution in [2.24, 2.45) is 0 Å². The molecule has 0 amide bonds. The summed E-state index contributed by atoms with van der Waals surface area (Å²) in [4.78, 5) is 11.2. The van der Waals surface area contributed by atoms with Crippen molar-refractivity contribution in [1.82, 2.24) is 0 Å². The number of carbonyl (C=O) groups is 1. The molecule has 0 N–H and O–H groups in total. The van der Waals surface area contributed by atoms with Gasteiger partial charge in [0.2, 0.25) is 0 Å². The molecule has 0 aromatic carbocycles. The predicted molar refractivity (Wildman–Crippen MR) is 81.7 cm³/mol. The fourth-order valence-corrected chi connectivity index (χ4v) is 3.72. The van der Waals surface area contributed by atoms with Crippen molar-refractivity contribution in [3.8, 4) is 0 Å². The quantitative estimate of drug-likeness (QED) is 0.337. The van der Waals surface area contributed by atoms with Crippen molar-refractivity contribution in [1.29, 1.82) is 0 Å². The molecule has 0 aliphatic carbocycles. The predicted octanol–water partition coefficient (Wildman–Crippen LogP) is 4.37. The first kappa shape index (κ1) is 20.4. The number of unbranched alkanes of at least 4 members (excludes halogenated alkanes) is 1. The summed E-state index contributed by atoms with van der Waals surface area (Å²) >= 11 is 0. The van der Waals surface area contributed by atoms with Crippen LogP contribution in [-0.2, 0) is 23.1 Å². The van der Waals surface area contributed by atoms with Crippen LogP contribution in [0.15, 0.2) is 0 Å². The standard InChI is InChI=1S/C14H29O6P/c1-11(2)18-14(15)17-9-7-8-10-21(16,19-12(3)4)20-13(5)6/h11-13H,7-10H2,1-6H3. The van der Waals surface area contributed by atoms with Crippen LogP contribution in [0.25, 0.3) is 0 Å². The Morgan fingerprint density at radius 1 is 0.905 bits per heavy atom. The van der Waals surface area contributed by atoms with Crippen molar-refractivity contribution in [3.05, 3.63) is 0 Å². The lowest BCUT2D eigenvalue weighted by Crippen LogP contribution is -2.14. The SMILES string of the molecule is CC(C)OC(=O)OCCCCP(=O)(OC(C)C)OC(C)C. The maximum absolute atomic E-state index is 12.5. The number of carbonyl (C=O) groups excluding carboxylic acids is 1. The molecule has 0 aliphatic rings. The second-order valence-corrected chi connectivity index (χ2v) is 7.71. The lowest BCUT2D eigenvalue weighted by atomic mass is 10.4. The molecule has 0 saturated heterocycles. The highest BCUT2D eigenvalue weighted by Crippen LogP contribution is 2.51. The minimum atomic E-state index is -3.09. The summed E-state index contributed by atoms with van der Waals surface area (Å²) in [6, 6.07) is 0. The third-order valence-electron chi connectivity index (χ3n) is 2.12. The minimum absolute atomic E-state index is 0.160. The molecule has 0 bridgehead atoms. The van der Waals surface area contributed by atoms with Crippen LogP contribution in [0.3, 0.4) is 0 Å². The Kier molecular flexibility index (Phi) is 9.92. The summed E-state index contributed by atoms with van der Waals surface area (Å²) in [5, 5.41) is 0. The summed E-state index contributed by atoms with van der Waals surface area (Å²) in [5.74, 6) is 0. The van der Waals surface area contributed by atoms with Gasteiger partial charge in [0.25, 0.3) is 0 Å². The maximum atomic E-state index is 12.5. The number of hydrogen-bond acceptors (Lipinski definition) is 6. The van der Waals surface area contributed by atoms with Gasteiger partial charge < -0.3 is 18.5 Å². The van der Waals surface area contributed by atoms with Crippen molar-refractivity contribution in [3.63, 3.8) is 0 Å². The summed E-state index contributed by atoms with van der Waals surface area (Å²) in [6.07, 6.45) is 0.290. The summed E-state index contributed by atoms with van der Waals surface area (Å²) in [5.41, 5.74) is 0. The Labute approximate surface area is 128 Å². The number of rotatable bonds is 10. The highest BCUT2D eigenvalue weighted by atomic mass is 31.2. The van der Waals surface area contributed by atoms with E-state index in [9.17, 15) is 9.36 Å². The van der Waals surface area contributed by atoms with Gasteiger partial charge in [-0.25, -0.2) is 4.79 Å². The Hall–Kier alpha value is -0.580. The van der Waals surface area contributed by atoms with Crippen LogP contribution < -0.4 is 0 Å². The highest BCUT2D eigenvalue weighted by Gasteiger charge is 2.26. The van der Waals surface area contributed by atoms with Crippen LogP contribution in [0.2, 0.25) is 0 Å². The minimum Gasteiger partial charge on any atom is -0.434 e. The van der Waals surface area contributed by atoms with Crippen LogP contribution >= 0.6 is 7.60 Å². The molecule has 0 aromatic heterocycles. The largest absolute Gasteiger partial charge is 0.508 e. The van der Waals surface area contributed by atoms with Crippen LogP contribution in [0.1, 0.15) is 54.4 Å². The van der Waals surface area contributed by atoms with E-state index in [1.54, 1.807) is 13.8 Å². The Bertz CT molecular complexity index is 326. The molecular formula is C14H29O6P. The lowest BCUT2D eigenvalue weighted by molar-refractivity contribution is 0.0339. The van der Waals surface area contributed by atoms with E-state index in [1.807, 2.05) is 27.7 Å². The van der Waals surface area contributed by atoms with Gasteiger partial charge in [-0.05, 0) is 54.4 Å². The average Bonchev–Trinajstić information content (AvgIpc) is 2.24. The Morgan fingerprint density at radius 3 is 1.86 bits per heavy atom. The zero-order valence-corrected chi connectivity index (χ0v) is 14.9. The Balaban J connectivity index is 4.04. The molecule has 0 aliphatic heterocycles. The van der Waals surface area contributed by atoms with Gasteiger partial charge in [0.15, 0.2) is 0 Å². The Morgan fingerprint density at radius 2 is 1.43 bits per heavy atom. The normalized spacial score (nSPS) is 12.2. The van der Waals surface area contributed by atoms with Gasteiger partial charge in [0.05, 0.1) is 31.1 Å². The maximum Gasteiger partial charge on any atom is 0.508 e. The molecule has 7 heteroatoms. The molecule has 0 rings (SSSR count). The van der Waals surface area contributed by atoms with E-state index in [1.165, 1.54) is 0 Å². The van der Waals surface area contributed by atoms with Gasteiger partial charge in [0.1, 0.15) is 0 Å². The monoisotopic (exact) mass is 324 g/mol.